The van der Waals surface area contributed by atoms with Gasteiger partial charge in [0.05, 0.1) is 13.2 Å². The van der Waals surface area contributed by atoms with E-state index in [9.17, 15) is 4.79 Å². The van der Waals surface area contributed by atoms with E-state index in [4.69, 9.17) is 21.7 Å². The minimum atomic E-state index is -0.160. The van der Waals surface area contributed by atoms with Crippen LogP contribution in [0.3, 0.4) is 0 Å². The first-order chi connectivity index (χ1) is 16.0. The highest BCUT2D eigenvalue weighted by Gasteiger charge is 2.10. The van der Waals surface area contributed by atoms with Crippen molar-refractivity contribution < 1.29 is 14.3 Å². The average molecular weight is 471 g/mol. The summed E-state index contributed by atoms with van der Waals surface area (Å²) in [4.78, 5) is 13.4. The first-order valence-electron chi connectivity index (χ1n) is 12.0. The third-order valence-corrected chi connectivity index (χ3v) is 5.85. The second kappa shape index (κ2) is 15.4. The first-order valence-corrected chi connectivity index (χ1v) is 12.4. The lowest BCUT2D eigenvalue weighted by molar-refractivity contribution is 0.102. The van der Waals surface area contributed by atoms with E-state index in [2.05, 4.69) is 17.6 Å². The van der Waals surface area contributed by atoms with Crippen LogP contribution in [0.5, 0.6) is 5.75 Å². The zero-order valence-electron chi connectivity index (χ0n) is 20.2. The lowest BCUT2D eigenvalue weighted by Gasteiger charge is -2.13. The van der Waals surface area contributed by atoms with Crippen LogP contribution in [0.1, 0.15) is 73.4 Å². The number of carbonyl (C=O) groups is 1. The van der Waals surface area contributed by atoms with Crippen LogP contribution in [-0.2, 0) is 4.74 Å². The Morgan fingerprint density at radius 3 is 2.27 bits per heavy atom. The molecule has 0 radical (unpaired) electrons. The van der Waals surface area contributed by atoms with Crippen LogP contribution in [0.2, 0.25) is 0 Å². The first kappa shape index (κ1) is 26.8. The Hall–Kier alpha value is -2.44. The van der Waals surface area contributed by atoms with Gasteiger partial charge >= 0.3 is 0 Å². The molecule has 6 heteroatoms. The molecule has 2 N–H and O–H groups in total. The predicted molar refractivity (Wildman–Crippen MR) is 141 cm³/mol. The largest absolute Gasteiger partial charge is 0.494 e. The molecule has 0 heterocycles. The summed E-state index contributed by atoms with van der Waals surface area (Å²) < 4.78 is 10.9. The third kappa shape index (κ3) is 9.93. The van der Waals surface area contributed by atoms with Crippen LogP contribution < -0.4 is 15.4 Å². The molecule has 0 aliphatic carbocycles. The summed E-state index contributed by atoms with van der Waals surface area (Å²) in [5.41, 5.74) is 3.16. The van der Waals surface area contributed by atoms with Crippen molar-refractivity contribution in [3.63, 3.8) is 0 Å². The Morgan fingerprint density at radius 1 is 0.909 bits per heavy atom. The van der Waals surface area contributed by atoms with Crippen molar-refractivity contribution in [3.05, 3.63) is 59.2 Å². The molecular formula is C27H38N2O3S. The second-order valence-electron chi connectivity index (χ2n) is 8.23. The highest BCUT2D eigenvalue weighted by Crippen LogP contribution is 2.20. The van der Waals surface area contributed by atoms with Gasteiger partial charge in [-0.3, -0.25) is 4.79 Å². The van der Waals surface area contributed by atoms with Crippen LogP contribution in [0.25, 0.3) is 0 Å². The van der Waals surface area contributed by atoms with Crippen molar-refractivity contribution in [2.75, 3.05) is 32.2 Å². The van der Waals surface area contributed by atoms with Gasteiger partial charge in [-0.1, -0.05) is 69.8 Å². The number of methoxy groups -OCH3 is 1. The molecule has 0 bridgehead atoms. The molecule has 2 rings (SSSR count). The second-order valence-corrected chi connectivity index (χ2v) is 8.63. The summed E-state index contributed by atoms with van der Waals surface area (Å²) in [5.74, 6) is 0.635. The number of benzene rings is 2. The quantitative estimate of drug-likeness (QED) is 0.237. The molecule has 0 spiro atoms. The van der Waals surface area contributed by atoms with Gasteiger partial charge < -0.3 is 20.1 Å². The molecule has 180 valence electrons. The minimum absolute atomic E-state index is 0.160. The van der Waals surface area contributed by atoms with E-state index in [-0.39, 0.29) is 5.91 Å². The van der Waals surface area contributed by atoms with Crippen molar-refractivity contribution in [1.82, 2.24) is 5.32 Å². The highest BCUT2D eigenvalue weighted by atomic mass is 32.1. The molecule has 33 heavy (non-hydrogen) atoms. The molecule has 5 nitrogen and oxygen atoms in total. The summed E-state index contributed by atoms with van der Waals surface area (Å²) in [6, 6.07) is 13.1. The van der Waals surface area contributed by atoms with E-state index in [1.165, 1.54) is 38.5 Å². The molecule has 0 aromatic heterocycles. The van der Waals surface area contributed by atoms with E-state index in [0.717, 1.165) is 29.0 Å². The summed E-state index contributed by atoms with van der Waals surface area (Å²) in [6.45, 7) is 6.12. The van der Waals surface area contributed by atoms with Gasteiger partial charge in [-0.25, -0.2) is 0 Å². The fraction of sp³-hybridized carbons (Fsp3) is 0.481. The number of ether oxygens (including phenoxy) is 2. The summed E-state index contributed by atoms with van der Waals surface area (Å²) >= 11 is 5.44. The van der Waals surface area contributed by atoms with Crippen LogP contribution in [0.4, 0.5) is 5.69 Å². The normalized spacial score (nSPS) is 10.6. The molecule has 1 amide bonds. The summed E-state index contributed by atoms with van der Waals surface area (Å²) in [5, 5.41) is 6.15. The molecular weight excluding hydrogens is 432 g/mol. The summed E-state index contributed by atoms with van der Waals surface area (Å²) in [6.07, 6.45) is 8.81. The molecule has 2 aromatic carbocycles. The zero-order valence-corrected chi connectivity index (χ0v) is 21.1. The van der Waals surface area contributed by atoms with Gasteiger partial charge in [0, 0.05) is 30.5 Å². The molecule has 0 fully saturated rings. The number of unbranched alkanes of at least 4 members (excludes halogenated alkanes) is 6. The number of hydrogen-bond donors (Lipinski definition) is 2. The van der Waals surface area contributed by atoms with E-state index in [1.807, 2.05) is 37.3 Å². The Kier molecular flexibility index (Phi) is 12.5. The Bertz CT molecular complexity index is 868. The van der Waals surface area contributed by atoms with Crippen LogP contribution in [0.15, 0.2) is 42.5 Å². The van der Waals surface area contributed by atoms with Crippen molar-refractivity contribution >= 4 is 28.8 Å². The van der Waals surface area contributed by atoms with E-state index in [0.29, 0.717) is 30.3 Å². The summed E-state index contributed by atoms with van der Waals surface area (Å²) in [7, 11) is 1.65. The van der Waals surface area contributed by atoms with Gasteiger partial charge in [-0.05, 0) is 49.2 Å². The van der Waals surface area contributed by atoms with Gasteiger partial charge in [0.15, 0.2) is 0 Å². The molecule has 0 atom stereocenters. The molecule has 0 saturated carbocycles. The smallest absolute Gasteiger partial charge is 0.255 e. The van der Waals surface area contributed by atoms with Crippen molar-refractivity contribution in [2.45, 2.75) is 58.8 Å². The molecule has 0 saturated heterocycles. The average Bonchev–Trinajstić information content (AvgIpc) is 2.82. The fourth-order valence-electron chi connectivity index (χ4n) is 3.41. The number of nitrogens with one attached hydrogen (secondary N) is 2. The van der Waals surface area contributed by atoms with Gasteiger partial charge in [0.25, 0.3) is 5.91 Å². The molecule has 0 aliphatic rings. The number of carbonyl (C=O) groups excluding carboxylic acids is 1. The maximum absolute atomic E-state index is 12.8. The number of anilines is 1. The van der Waals surface area contributed by atoms with Gasteiger partial charge in [-0.15, -0.1) is 0 Å². The number of hydrogen-bond acceptors (Lipinski definition) is 4. The Labute approximate surface area is 204 Å². The van der Waals surface area contributed by atoms with Gasteiger partial charge in [-0.2, -0.15) is 0 Å². The van der Waals surface area contributed by atoms with E-state index in [1.54, 1.807) is 19.2 Å². The van der Waals surface area contributed by atoms with E-state index >= 15 is 0 Å². The fourth-order valence-corrected chi connectivity index (χ4v) is 3.64. The number of aryl methyl sites for hydroxylation is 1. The molecule has 0 aliphatic heterocycles. The Balaban J connectivity index is 1.83. The third-order valence-electron chi connectivity index (χ3n) is 5.47. The number of amides is 1. The Morgan fingerprint density at radius 2 is 1.58 bits per heavy atom. The molecule has 0 unspecified atom stereocenters. The standard InChI is InChI=1S/C27H38N2O3S/c1-4-5-6-7-8-9-10-18-32-24-15-13-22(14-16-24)26(30)29-25-20-23(12-11-21(25)2)27(33)28-17-19-31-3/h11-16,20H,4-10,17-19H2,1-3H3,(H,28,33)(H,29,30). The lowest BCUT2D eigenvalue weighted by atomic mass is 10.1. The minimum Gasteiger partial charge on any atom is -0.494 e. The number of rotatable bonds is 15. The highest BCUT2D eigenvalue weighted by molar-refractivity contribution is 7.80. The molecule has 2 aromatic rings. The van der Waals surface area contributed by atoms with Crippen LogP contribution in [-0.4, -0.2) is 37.8 Å². The SMILES string of the molecule is CCCCCCCCCOc1ccc(C(=O)Nc2cc(C(=S)NCCOC)ccc2C)cc1. The maximum atomic E-state index is 12.8. The van der Waals surface area contributed by atoms with Crippen LogP contribution >= 0.6 is 12.2 Å². The zero-order chi connectivity index (χ0) is 23.9. The maximum Gasteiger partial charge on any atom is 0.255 e. The number of thiocarbonyl (C=S) groups is 1. The van der Waals surface area contributed by atoms with Gasteiger partial charge in [0.2, 0.25) is 0 Å². The van der Waals surface area contributed by atoms with Crippen molar-refractivity contribution in [3.8, 4) is 5.75 Å². The van der Waals surface area contributed by atoms with Crippen molar-refractivity contribution in [1.29, 1.82) is 0 Å². The van der Waals surface area contributed by atoms with Crippen molar-refractivity contribution in [2.24, 2.45) is 0 Å². The van der Waals surface area contributed by atoms with E-state index < -0.39 is 0 Å². The monoisotopic (exact) mass is 470 g/mol. The van der Waals surface area contributed by atoms with Crippen LogP contribution in [0, 0.1) is 6.92 Å². The topological polar surface area (TPSA) is 59.6 Å². The predicted octanol–water partition coefficient (Wildman–Crippen LogP) is 6.29. The van der Waals surface area contributed by atoms with Gasteiger partial charge in [0.1, 0.15) is 10.7 Å². The lowest BCUT2D eigenvalue weighted by Crippen LogP contribution is -2.26.